The standard InChI is InChI=1S/C30H20N2O4S/c1-35-22-13-11-19(12-14-22)23-16-26(20-7-3-2-4-8-20)32-29(25(23)17-31)37-18-27(33)24-15-21-9-5-6-10-28(21)36-30(24)34/h2-16H,18H2,1H3. The Bertz CT molecular complexity index is 1700. The van der Waals surface area contributed by atoms with Gasteiger partial charge in [-0.25, -0.2) is 9.78 Å². The minimum atomic E-state index is -0.685. The number of ketones is 1. The fourth-order valence-corrected chi connectivity index (χ4v) is 4.84. The molecule has 0 amide bonds. The number of methoxy groups -OCH3 is 1. The maximum atomic E-state index is 13.1. The lowest BCUT2D eigenvalue weighted by molar-refractivity contribution is 0.101. The zero-order valence-corrected chi connectivity index (χ0v) is 20.6. The molecule has 0 N–H and O–H groups in total. The van der Waals surface area contributed by atoms with E-state index in [1.54, 1.807) is 31.4 Å². The first-order valence-electron chi connectivity index (χ1n) is 11.4. The van der Waals surface area contributed by atoms with Gasteiger partial charge < -0.3 is 9.15 Å². The Morgan fingerprint density at radius 1 is 0.973 bits per heavy atom. The van der Waals surface area contributed by atoms with Crippen molar-refractivity contribution in [2.75, 3.05) is 12.9 Å². The number of thioether (sulfide) groups is 1. The fourth-order valence-electron chi connectivity index (χ4n) is 3.96. The molecule has 5 rings (SSSR count). The van der Waals surface area contributed by atoms with Gasteiger partial charge in [-0.15, -0.1) is 0 Å². The Balaban J connectivity index is 1.54. The predicted octanol–water partition coefficient (Wildman–Crippen LogP) is 6.38. The van der Waals surface area contributed by atoms with Gasteiger partial charge in [0.2, 0.25) is 0 Å². The summed E-state index contributed by atoms with van der Waals surface area (Å²) in [6.45, 7) is 0. The second kappa shape index (κ2) is 10.5. The van der Waals surface area contributed by atoms with Crippen LogP contribution in [0.1, 0.15) is 15.9 Å². The average molecular weight is 505 g/mol. The monoisotopic (exact) mass is 504 g/mol. The van der Waals surface area contributed by atoms with Crippen LogP contribution in [0.25, 0.3) is 33.4 Å². The van der Waals surface area contributed by atoms with E-state index in [1.807, 2.05) is 66.7 Å². The number of hydrogen-bond donors (Lipinski definition) is 0. The van der Waals surface area contributed by atoms with Gasteiger partial charge in [-0.1, -0.05) is 72.4 Å². The van der Waals surface area contributed by atoms with Crippen LogP contribution in [0, 0.1) is 11.3 Å². The number of aromatic nitrogens is 1. The third-order valence-electron chi connectivity index (χ3n) is 5.85. The van der Waals surface area contributed by atoms with Crippen LogP contribution < -0.4 is 10.4 Å². The summed E-state index contributed by atoms with van der Waals surface area (Å²) < 4.78 is 10.6. The van der Waals surface area contributed by atoms with Gasteiger partial charge in [0, 0.05) is 16.5 Å². The highest BCUT2D eigenvalue weighted by molar-refractivity contribution is 8.00. The smallest absolute Gasteiger partial charge is 0.347 e. The Hall–Kier alpha value is -4.67. The number of nitriles is 1. The Morgan fingerprint density at radius 3 is 2.43 bits per heavy atom. The lowest BCUT2D eigenvalue weighted by atomic mass is 9.99. The van der Waals surface area contributed by atoms with Crippen molar-refractivity contribution in [2.45, 2.75) is 5.03 Å². The van der Waals surface area contributed by atoms with Crippen LogP contribution in [-0.2, 0) is 0 Å². The van der Waals surface area contributed by atoms with Gasteiger partial charge >= 0.3 is 5.63 Å². The summed E-state index contributed by atoms with van der Waals surface area (Å²) in [5.41, 5.74) is 3.13. The molecule has 3 aromatic carbocycles. The van der Waals surface area contributed by atoms with Gasteiger partial charge in [-0.05, 0) is 35.9 Å². The molecule has 0 spiro atoms. The number of para-hydroxylation sites is 1. The van der Waals surface area contributed by atoms with E-state index >= 15 is 0 Å². The summed E-state index contributed by atoms with van der Waals surface area (Å²) in [6, 6.07) is 29.7. The maximum Gasteiger partial charge on any atom is 0.347 e. The second-order valence-electron chi connectivity index (χ2n) is 8.14. The molecule has 37 heavy (non-hydrogen) atoms. The molecule has 0 saturated heterocycles. The van der Waals surface area contributed by atoms with E-state index < -0.39 is 11.4 Å². The molecule has 0 unspecified atom stereocenters. The largest absolute Gasteiger partial charge is 0.497 e. The van der Waals surface area contributed by atoms with Crippen molar-refractivity contribution in [2.24, 2.45) is 0 Å². The molecule has 2 heterocycles. The first-order chi connectivity index (χ1) is 18.1. The third-order valence-corrected chi connectivity index (χ3v) is 6.83. The number of nitrogens with zero attached hydrogens (tertiary/aromatic N) is 2. The number of hydrogen-bond acceptors (Lipinski definition) is 7. The van der Waals surface area contributed by atoms with E-state index in [1.165, 1.54) is 0 Å². The van der Waals surface area contributed by atoms with Gasteiger partial charge in [0.05, 0.1) is 24.1 Å². The van der Waals surface area contributed by atoms with E-state index in [4.69, 9.17) is 14.1 Å². The highest BCUT2D eigenvalue weighted by Gasteiger charge is 2.19. The summed E-state index contributed by atoms with van der Waals surface area (Å²) in [6.07, 6.45) is 0. The Labute approximate surface area is 217 Å². The average Bonchev–Trinajstić information content (AvgIpc) is 2.95. The normalized spacial score (nSPS) is 10.7. The number of benzene rings is 3. The topological polar surface area (TPSA) is 93.2 Å². The van der Waals surface area contributed by atoms with Gasteiger partial charge in [0.25, 0.3) is 0 Å². The highest BCUT2D eigenvalue weighted by Crippen LogP contribution is 2.35. The second-order valence-corrected chi connectivity index (χ2v) is 9.10. The van der Waals surface area contributed by atoms with Crippen LogP contribution in [-0.4, -0.2) is 23.6 Å². The van der Waals surface area contributed by atoms with Crippen LogP contribution in [0.5, 0.6) is 5.75 Å². The van der Waals surface area contributed by atoms with E-state index in [0.29, 0.717) is 38.6 Å². The molecule has 2 aromatic heterocycles. The molecule has 0 aliphatic rings. The van der Waals surface area contributed by atoms with E-state index in [2.05, 4.69) is 6.07 Å². The minimum Gasteiger partial charge on any atom is -0.497 e. The number of pyridine rings is 1. The van der Waals surface area contributed by atoms with Gasteiger partial charge in [-0.3, -0.25) is 4.79 Å². The lowest BCUT2D eigenvalue weighted by Gasteiger charge is -2.13. The number of carbonyl (C=O) groups is 1. The van der Waals surface area contributed by atoms with Crippen LogP contribution in [0.3, 0.4) is 0 Å². The molecule has 0 atom stereocenters. The molecule has 6 nitrogen and oxygen atoms in total. The Kier molecular flexibility index (Phi) is 6.84. The van der Waals surface area contributed by atoms with Gasteiger partial charge in [0.1, 0.15) is 28.0 Å². The van der Waals surface area contributed by atoms with Crippen molar-refractivity contribution < 1.29 is 13.9 Å². The molecule has 0 fully saturated rings. The minimum absolute atomic E-state index is 0.0284. The van der Waals surface area contributed by atoms with Crippen molar-refractivity contribution in [3.63, 3.8) is 0 Å². The molecule has 0 bridgehead atoms. The first kappa shape index (κ1) is 24.0. The zero-order valence-electron chi connectivity index (χ0n) is 19.8. The quantitative estimate of drug-likeness (QED) is 0.144. The summed E-state index contributed by atoms with van der Waals surface area (Å²) in [5.74, 6) is 0.228. The SMILES string of the molecule is COc1ccc(-c2cc(-c3ccccc3)nc(SCC(=O)c3cc4ccccc4oc3=O)c2C#N)cc1. The summed E-state index contributed by atoms with van der Waals surface area (Å²) >= 11 is 1.13. The molecule has 0 aliphatic carbocycles. The summed E-state index contributed by atoms with van der Waals surface area (Å²) in [4.78, 5) is 30.3. The lowest BCUT2D eigenvalue weighted by Crippen LogP contribution is -2.15. The maximum absolute atomic E-state index is 13.1. The third kappa shape index (κ3) is 5.01. The number of Topliss-reactive ketones (excluding diaryl/α,β-unsaturated/α-hetero) is 1. The van der Waals surface area contributed by atoms with Crippen LogP contribution in [0.4, 0.5) is 0 Å². The number of rotatable bonds is 7. The van der Waals surface area contributed by atoms with Crippen molar-refractivity contribution >= 4 is 28.5 Å². The highest BCUT2D eigenvalue weighted by atomic mass is 32.2. The van der Waals surface area contributed by atoms with Crippen LogP contribution in [0.15, 0.2) is 105 Å². The molecule has 0 saturated carbocycles. The van der Waals surface area contributed by atoms with Crippen molar-refractivity contribution in [1.29, 1.82) is 5.26 Å². The molecule has 180 valence electrons. The van der Waals surface area contributed by atoms with Crippen LogP contribution in [0.2, 0.25) is 0 Å². The molecule has 0 aliphatic heterocycles. The Morgan fingerprint density at radius 2 is 1.70 bits per heavy atom. The van der Waals surface area contributed by atoms with Crippen LogP contribution >= 0.6 is 11.8 Å². The molecular weight excluding hydrogens is 484 g/mol. The molecular formula is C30H20N2O4S. The zero-order chi connectivity index (χ0) is 25.8. The number of ether oxygens (including phenoxy) is 1. The van der Waals surface area contributed by atoms with E-state index in [-0.39, 0.29) is 11.3 Å². The van der Waals surface area contributed by atoms with Gasteiger partial charge in [-0.2, -0.15) is 5.26 Å². The number of carbonyl (C=O) groups excluding carboxylic acids is 1. The van der Waals surface area contributed by atoms with Crippen molar-refractivity contribution in [3.8, 4) is 34.2 Å². The van der Waals surface area contributed by atoms with Crippen molar-refractivity contribution in [1.82, 2.24) is 4.98 Å². The molecule has 5 aromatic rings. The molecule has 0 radical (unpaired) electrons. The fraction of sp³-hybridized carbons (Fsp3) is 0.0667. The van der Waals surface area contributed by atoms with E-state index in [0.717, 1.165) is 22.9 Å². The summed E-state index contributed by atoms with van der Waals surface area (Å²) in [5, 5.41) is 11.2. The number of fused-ring (bicyclic) bond motifs is 1. The molecule has 7 heteroatoms. The predicted molar refractivity (Wildman–Crippen MR) is 144 cm³/mol. The summed E-state index contributed by atoms with van der Waals surface area (Å²) in [7, 11) is 1.59. The van der Waals surface area contributed by atoms with E-state index in [9.17, 15) is 14.9 Å². The van der Waals surface area contributed by atoms with Gasteiger partial charge in [0.15, 0.2) is 5.78 Å². The first-order valence-corrected chi connectivity index (χ1v) is 12.4. The van der Waals surface area contributed by atoms with Crippen molar-refractivity contribution in [3.05, 3.63) is 113 Å².